The number of aromatic nitrogens is 2. The van der Waals surface area contributed by atoms with Crippen molar-refractivity contribution in [3.05, 3.63) is 21.6 Å². The van der Waals surface area contributed by atoms with Crippen LogP contribution in [0.25, 0.3) is 0 Å². The molecule has 0 aliphatic heterocycles. The normalized spacial score (nSPS) is 12.5. The number of aliphatic hydroxyl groups is 3. The Labute approximate surface area is 121 Å². The molecule has 4 N–H and O–H groups in total. The standard InChI is InChI=1S/C10H13ClF3N3O4/c11-7-6(16-9(3-18,4-19)5-20)1-15-17(8(7)21)2-10(12,13)14/h1,16,18-20H,2-5H2. The summed E-state index contributed by atoms with van der Waals surface area (Å²) in [6.07, 6.45) is -3.80. The highest BCUT2D eigenvalue weighted by Gasteiger charge is 2.32. The highest BCUT2D eigenvalue weighted by atomic mass is 35.5. The van der Waals surface area contributed by atoms with Crippen molar-refractivity contribution in [1.82, 2.24) is 9.78 Å². The van der Waals surface area contributed by atoms with Gasteiger partial charge in [0.25, 0.3) is 5.56 Å². The molecule has 1 heterocycles. The highest BCUT2D eigenvalue weighted by molar-refractivity contribution is 6.32. The number of hydrogen-bond acceptors (Lipinski definition) is 6. The molecule has 0 aliphatic rings. The van der Waals surface area contributed by atoms with E-state index < -0.39 is 48.7 Å². The van der Waals surface area contributed by atoms with E-state index in [4.69, 9.17) is 26.9 Å². The molecule has 0 unspecified atom stereocenters. The fourth-order valence-electron chi connectivity index (χ4n) is 1.39. The van der Waals surface area contributed by atoms with Gasteiger partial charge in [-0.05, 0) is 0 Å². The zero-order valence-electron chi connectivity index (χ0n) is 10.6. The van der Waals surface area contributed by atoms with Gasteiger partial charge in [0, 0.05) is 0 Å². The van der Waals surface area contributed by atoms with Gasteiger partial charge in [-0.1, -0.05) is 11.6 Å². The summed E-state index contributed by atoms with van der Waals surface area (Å²) in [6, 6.07) is 0. The zero-order valence-corrected chi connectivity index (χ0v) is 11.3. The fraction of sp³-hybridized carbons (Fsp3) is 0.600. The van der Waals surface area contributed by atoms with E-state index in [1.165, 1.54) is 0 Å². The van der Waals surface area contributed by atoms with Crippen LogP contribution in [0.15, 0.2) is 11.0 Å². The average Bonchev–Trinajstić information content (AvgIpc) is 2.43. The number of aliphatic hydroxyl groups excluding tert-OH is 3. The third kappa shape index (κ3) is 4.30. The van der Waals surface area contributed by atoms with E-state index in [9.17, 15) is 18.0 Å². The second-order valence-electron chi connectivity index (χ2n) is 4.33. The lowest BCUT2D eigenvalue weighted by Crippen LogP contribution is -2.49. The smallest absolute Gasteiger partial charge is 0.394 e. The molecule has 7 nitrogen and oxygen atoms in total. The Balaban J connectivity index is 3.13. The first kappa shape index (κ1) is 17.7. The molecule has 1 aromatic heterocycles. The summed E-state index contributed by atoms with van der Waals surface area (Å²) in [4.78, 5) is 11.7. The topological polar surface area (TPSA) is 108 Å². The van der Waals surface area contributed by atoms with Crippen LogP contribution in [0.2, 0.25) is 5.02 Å². The summed E-state index contributed by atoms with van der Waals surface area (Å²) in [6.45, 7) is -3.72. The molecule has 120 valence electrons. The molecule has 21 heavy (non-hydrogen) atoms. The van der Waals surface area contributed by atoms with E-state index >= 15 is 0 Å². The molecule has 1 aromatic rings. The van der Waals surface area contributed by atoms with Crippen molar-refractivity contribution in [2.45, 2.75) is 18.3 Å². The van der Waals surface area contributed by atoms with Crippen LogP contribution in [0.1, 0.15) is 0 Å². The van der Waals surface area contributed by atoms with Gasteiger partial charge >= 0.3 is 6.18 Å². The molecular formula is C10H13ClF3N3O4. The molecule has 0 amide bonds. The Bertz CT molecular complexity index is 537. The van der Waals surface area contributed by atoms with Gasteiger partial charge in [0.15, 0.2) is 0 Å². The minimum atomic E-state index is -4.64. The van der Waals surface area contributed by atoms with Crippen molar-refractivity contribution >= 4 is 17.3 Å². The van der Waals surface area contributed by atoms with E-state index in [0.717, 1.165) is 6.20 Å². The lowest BCUT2D eigenvalue weighted by Gasteiger charge is -2.30. The zero-order chi connectivity index (χ0) is 16.3. The van der Waals surface area contributed by atoms with Crippen LogP contribution >= 0.6 is 11.6 Å². The highest BCUT2D eigenvalue weighted by Crippen LogP contribution is 2.22. The minimum absolute atomic E-state index is 0.131. The molecule has 0 saturated carbocycles. The number of halogens is 4. The monoisotopic (exact) mass is 331 g/mol. The quantitative estimate of drug-likeness (QED) is 0.564. The molecule has 0 aromatic carbocycles. The Morgan fingerprint density at radius 3 is 2.19 bits per heavy atom. The first-order valence-electron chi connectivity index (χ1n) is 5.61. The van der Waals surface area contributed by atoms with E-state index in [1.807, 2.05) is 0 Å². The maximum Gasteiger partial charge on any atom is 0.408 e. The third-order valence-corrected chi connectivity index (χ3v) is 2.99. The van der Waals surface area contributed by atoms with Crippen LogP contribution in [0, 0.1) is 0 Å². The largest absolute Gasteiger partial charge is 0.408 e. The van der Waals surface area contributed by atoms with Crippen LogP contribution in [0.5, 0.6) is 0 Å². The van der Waals surface area contributed by atoms with Crippen LogP contribution in [0.4, 0.5) is 18.9 Å². The Kier molecular flexibility index (Phi) is 5.56. The molecule has 0 saturated heterocycles. The molecule has 0 spiro atoms. The summed E-state index contributed by atoms with van der Waals surface area (Å²) >= 11 is 5.66. The van der Waals surface area contributed by atoms with Gasteiger partial charge in [-0.3, -0.25) is 4.79 Å². The van der Waals surface area contributed by atoms with Crippen molar-refractivity contribution in [2.75, 3.05) is 25.1 Å². The second kappa shape index (κ2) is 6.60. The summed E-state index contributed by atoms with van der Waals surface area (Å²) in [5.74, 6) is 0. The predicted molar refractivity (Wildman–Crippen MR) is 67.2 cm³/mol. The van der Waals surface area contributed by atoms with E-state index in [1.54, 1.807) is 0 Å². The number of alkyl halides is 3. The lowest BCUT2D eigenvalue weighted by molar-refractivity contribution is -0.143. The van der Waals surface area contributed by atoms with Crippen molar-refractivity contribution in [1.29, 1.82) is 0 Å². The summed E-state index contributed by atoms with van der Waals surface area (Å²) in [7, 11) is 0. The maximum atomic E-state index is 12.2. The van der Waals surface area contributed by atoms with E-state index in [-0.39, 0.29) is 10.4 Å². The fourth-order valence-corrected chi connectivity index (χ4v) is 1.58. The van der Waals surface area contributed by atoms with E-state index in [0.29, 0.717) is 0 Å². The molecule has 11 heteroatoms. The lowest BCUT2D eigenvalue weighted by atomic mass is 10.0. The molecule has 0 radical (unpaired) electrons. The summed E-state index contributed by atoms with van der Waals surface area (Å²) in [5, 5.41) is 32.5. The van der Waals surface area contributed by atoms with Crippen LogP contribution in [-0.4, -0.2) is 56.6 Å². The molecular weight excluding hydrogens is 319 g/mol. The number of hydrogen-bond donors (Lipinski definition) is 4. The maximum absolute atomic E-state index is 12.2. The van der Waals surface area contributed by atoms with Gasteiger partial charge in [-0.15, -0.1) is 0 Å². The molecule has 1 rings (SSSR count). The third-order valence-electron chi connectivity index (χ3n) is 2.62. The number of rotatable bonds is 6. The van der Waals surface area contributed by atoms with Crippen molar-refractivity contribution < 1.29 is 28.5 Å². The number of nitrogens with zero attached hydrogens (tertiary/aromatic N) is 2. The van der Waals surface area contributed by atoms with Crippen molar-refractivity contribution in [2.24, 2.45) is 0 Å². The first-order valence-corrected chi connectivity index (χ1v) is 5.99. The SMILES string of the molecule is O=c1c(Cl)c(NC(CO)(CO)CO)cnn1CC(F)(F)F. The molecule has 0 aliphatic carbocycles. The predicted octanol–water partition coefficient (Wildman–Crippen LogP) is -0.413. The van der Waals surface area contributed by atoms with Gasteiger partial charge < -0.3 is 20.6 Å². The number of anilines is 1. The average molecular weight is 332 g/mol. The van der Waals surface area contributed by atoms with Gasteiger partial charge in [-0.2, -0.15) is 18.3 Å². The van der Waals surface area contributed by atoms with Gasteiger partial charge in [0.2, 0.25) is 0 Å². The summed E-state index contributed by atoms with van der Waals surface area (Å²) in [5.41, 5.74) is -2.99. The van der Waals surface area contributed by atoms with Crippen molar-refractivity contribution in [3.8, 4) is 0 Å². The van der Waals surface area contributed by atoms with Crippen molar-refractivity contribution in [3.63, 3.8) is 0 Å². The first-order chi connectivity index (χ1) is 9.68. The van der Waals surface area contributed by atoms with E-state index in [2.05, 4.69) is 10.4 Å². The molecule has 0 bridgehead atoms. The number of nitrogens with one attached hydrogen (secondary N) is 1. The van der Waals surface area contributed by atoms with Gasteiger partial charge in [0.1, 0.15) is 17.1 Å². The van der Waals surface area contributed by atoms with Gasteiger partial charge in [0.05, 0.1) is 31.7 Å². The Morgan fingerprint density at radius 2 is 1.76 bits per heavy atom. The van der Waals surface area contributed by atoms with Crippen LogP contribution in [-0.2, 0) is 6.54 Å². The second-order valence-corrected chi connectivity index (χ2v) is 4.71. The summed E-state index contributed by atoms with van der Waals surface area (Å²) < 4.78 is 36.8. The van der Waals surface area contributed by atoms with Crippen LogP contribution < -0.4 is 10.9 Å². The molecule has 0 atom stereocenters. The van der Waals surface area contributed by atoms with Gasteiger partial charge in [-0.25, -0.2) is 4.68 Å². The van der Waals surface area contributed by atoms with Crippen LogP contribution in [0.3, 0.4) is 0 Å². The molecule has 0 fully saturated rings. The Morgan fingerprint density at radius 1 is 1.24 bits per heavy atom. The minimum Gasteiger partial charge on any atom is -0.394 e. The Hall–Kier alpha value is -1.36.